The number of nitrogens with two attached hydrogens (primary N) is 1. The SMILES string of the molecule is CC[C@@H](CN)c1ccc(C(C)(C)C)cc1. The minimum absolute atomic E-state index is 0.239. The zero-order valence-electron chi connectivity index (χ0n) is 10.4. The number of benzene rings is 1. The van der Waals surface area contributed by atoms with Gasteiger partial charge in [0.1, 0.15) is 0 Å². The van der Waals surface area contributed by atoms with Gasteiger partial charge in [0.2, 0.25) is 0 Å². The summed E-state index contributed by atoms with van der Waals surface area (Å²) in [6.07, 6.45) is 1.12. The fourth-order valence-electron chi connectivity index (χ4n) is 1.79. The zero-order valence-corrected chi connectivity index (χ0v) is 10.4. The monoisotopic (exact) mass is 205 g/mol. The minimum Gasteiger partial charge on any atom is -0.330 e. The summed E-state index contributed by atoms with van der Waals surface area (Å²) < 4.78 is 0. The first-order valence-electron chi connectivity index (χ1n) is 5.79. The molecule has 1 atom stereocenters. The Kier molecular flexibility index (Phi) is 3.92. The average molecular weight is 205 g/mol. The van der Waals surface area contributed by atoms with Crippen LogP contribution >= 0.6 is 0 Å². The first-order chi connectivity index (χ1) is 6.99. The molecule has 0 aromatic heterocycles. The van der Waals surface area contributed by atoms with Crippen LogP contribution in [0.4, 0.5) is 0 Å². The van der Waals surface area contributed by atoms with E-state index in [0.717, 1.165) is 13.0 Å². The van der Waals surface area contributed by atoms with Crippen LogP contribution in [0.15, 0.2) is 24.3 Å². The van der Waals surface area contributed by atoms with Crippen LogP contribution in [0.25, 0.3) is 0 Å². The van der Waals surface area contributed by atoms with Gasteiger partial charge in [-0.1, -0.05) is 52.0 Å². The third-order valence-corrected chi connectivity index (χ3v) is 3.03. The van der Waals surface area contributed by atoms with E-state index in [0.29, 0.717) is 5.92 Å². The van der Waals surface area contributed by atoms with Crippen LogP contribution in [-0.4, -0.2) is 6.54 Å². The molecule has 0 radical (unpaired) electrons. The van der Waals surface area contributed by atoms with Crippen LogP contribution < -0.4 is 5.73 Å². The van der Waals surface area contributed by atoms with Gasteiger partial charge in [-0.3, -0.25) is 0 Å². The van der Waals surface area contributed by atoms with Gasteiger partial charge in [0.25, 0.3) is 0 Å². The molecule has 0 unspecified atom stereocenters. The van der Waals surface area contributed by atoms with Crippen molar-refractivity contribution in [3.05, 3.63) is 35.4 Å². The summed E-state index contributed by atoms with van der Waals surface area (Å²) in [4.78, 5) is 0. The van der Waals surface area contributed by atoms with Crippen molar-refractivity contribution < 1.29 is 0 Å². The molecule has 0 spiro atoms. The summed E-state index contributed by atoms with van der Waals surface area (Å²) >= 11 is 0. The molecule has 84 valence electrons. The molecular formula is C14H23N. The van der Waals surface area contributed by atoms with E-state index in [4.69, 9.17) is 5.73 Å². The van der Waals surface area contributed by atoms with E-state index >= 15 is 0 Å². The van der Waals surface area contributed by atoms with E-state index in [-0.39, 0.29) is 5.41 Å². The Morgan fingerprint density at radius 1 is 1.13 bits per heavy atom. The van der Waals surface area contributed by atoms with Gasteiger partial charge in [-0.05, 0) is 35.4 Å². The minimum atomic E-state index is 0.239. The van der Waals surface area contributed by atoms with Crippen molar-refractivity contribution in [2.75, 3.05) is 6.54 Å². The van der Waals surface area contributed by atoms with Gasteiger partial charge in [-0.25, -0.2) is 0 Å². The summed E-state index contributed by atoms with van der Waals surface area (Å²) in [6, 6.07) is 8.91. The van der Waals surface area contributed by atoms with E-state index in [1.165, 1.54) is 11.1 Å². The van der Waals surface area contributed by atoms with E-state index in [1.54, 1.807) is 0 Å². The third kappa shape index (κ3) is 3.07. The Labute approximate surface area is 93.7 Å². The Bertz CT molecular complexity index is 288. The van der Waals surface area contributed by atoms with Crippen LogP contribution in [-0.2, 0) is 5.41 Å². The molecule has 0 aliphatic rings. The lowest BCUT2D eigenvalue weighted by Gasteiger charge is -2.20. The Hall–Kier alpha value is -0.820. The summed E-state index contributed by atoms with van der Waals surface area (Å²) in [7, 11) is 0. The van der Waals surface area contributed by atoms with Gasteiger partial charge >= 0.3 is 0 Å². The van der Waals surface area contributed by atoms with Crippen LogP contribution in [0.5, 0.6) is 0 Å². The van der Waals surface area contributed by atoms with E-state index in [2.05, 4.69) is 52.0 Å². The normalized spacial score (nSPS) is 13.9. The highest BCUT2D eigenvalue weighted by Crippen LogP contribution is 2.25. The van der Waals surface area contributed by atoms with E-state index in [1.807, 2.05) is 0 Å². The fraction of sp³-hybridized carbons (Fsp3) is 0.571. The molecule has 0 fully saturated rings. The Morgan fingerprint density at radius 3 is 2.00 bits per heavy atom. The highest BCUT2D eigenvalue weighted by molar-refractivity contribution is 5.29. The second-order valence-electron chi connectivity index (χ2n) is 5.21. The molecule has 0 aliphatic carbocycles. The summed E-state index contributed by atoms with van der Waals surface area (Å²) in [5.74, 6) is 0.513. The maximum Gasteiger partial charge on any atom is -0.000834 e. The first kappa shape index (κ1) is 12.3. The molecule has 1 rings (SSSR count). The summed E-state index contributed by atoms with van der Waals surface area (Å²) in [6.45, 7) is 9.65. The zero-order chi connectivity index (χ0) is 11.5. The molecule has 0 saturated carbocycles. The molecule has 1 aromatic carbocycles. The molecule has 0 saturated heterocycles. The highest BCUT2D eigenvalue weighted by Gasteiger charge is 2.14. The average Bonchev–Trinajstić information content (AvgIpc) is 2.19. The van der Waals surface area contributed by atoms with Crippen molar-refractivity contribution in [1.29, 1.82) is 0 Å². The molecule has 0 heterocycles. The fourth-order valence-corrected chi connectivity index (χ4v) is 1.79. The van der Waals surface area contributed by atoms with Crippen molar-refractivity contribution in [2.45, 2.75) is 45.4 Å². The van der Waals surface area contributed by atoms with Gasteiger partial charge < -0.3 is 5.73 Å². The molecule has 15 heavy (non-hydrogen) atoms. The molecule has 1 aromatic rings. The number of hydrogen-bond acceptors (Lipinski definition) is 1. The lowest BCUT2D eigenvalue weighted by molar-refractivity contribution is 0.588. The van der Waals surface area contributed by atoms with E-state index < -0.39 is 0 Å². The van der Waals surface area contributed by atoms with Crippen LogP contribution in [0.2, 0.25) is 0 Å². The topological polar surface area (TPSA) is 26.0 Å². The second-order valence-corrected chi connectivity index (χ2v) is 5.21. The van der Waals surface area contributed by atoms with Crippen molar-refractivity contribution in [2.24, 2.45) is 5.73 Å². The van der Waals surface area contributed by atoms with Crippen molar-refractivity contribution in [3.8, 4) is 0 Å². The smallest absolute Gasteiger partial charge is 0.000834 e. The Balaban J connectivity index is 2.89. The predicted octanol–water partition coefficient (Wildman–Crippen LogP) is 3.44. The molecule has 1 nitrogen and oxygen atoms in total. The quantitative estimate of drug-likeness (QED) is 0.803. The van der Waals surface area contributed by atoms with Gasteiger partial charge in [0.15, 0.2) is 0 Å². The summed E-state index contributed by atoms with van der Waals surface area (Å²) in [5, 5.41) is 0. The second kappa shape index (κ2) is 4.80. The van der Waals surface area contributed by atoms with E-state index in [9.17, 15) is 0 Å². The standard InChI is InChI=1S/C14H23N/c1-5-11(10-15)12-6-8-13(9-7-12)14(2,3)4/h6-9,11H,5,10,15H2,1-4H3/t11-/m0/s1. The van der Waals surface area contributed by atoms with Crippen molar-refractivity contribution in [1.82, 2.24) is 0 Å². The molecule has 1 heteroatoms. The number of hydrogen-bond donors (Lipinski definition) is 1. The maximum atomic E-state index is 5.74. The lowest BCUT2D eigenvalue weighted by Crippen LogP contribution is -2.13. The van der Waals surface area contributed by atoms with Gasteiger partial charge in [0, 0.05) is 0 Å². The summed E-state index contributed by atoms with van der Waals surface area (Å²) in [5.41, 5.74) is 8.73. The van der Waals surface area contributed by atoms with Gasteiger partial charge in [-0.2, -0.15) is 0 Å². The lowest BCUT2D eigenvalue weighted by atomic mass is 9.85. The molecule has 0 aliphatic heterocycles. The maximum absolute atomic E-state index is 5.74. The van der Waals surface area contributed by atoms with Crippen molar-refractivity contribution >= 4 is 0 Å². The molecule has 0 amide bonds. The molecule has 0 bridgehead atoms. The highest BCUT2D eigenvalue weighted by atomic mass is 14.5. The number of rotatable bonds is 3. The van der Waals surface area contributed by atoms with Crippen LogP contribution in [0, 0.1) is 0 Å². The third-order valence-electron chi connectivity index (χ3n) is 3.03. The van der Waals surface area contributed by atoms with Crippen molar-refractivity contribution in [3.63, 3.8) is 0 Å². The molecular weight excluding hydrogens is 182 g/mol. The molecule has 2 N–H and O–H groups in total. The predicted molar refractivity (Wildman–Crippen MR) is 67.2 cm³/mol. The largest absolute Gasteiger partial charge is 0.330 e. The Morgan fingerprint density at radius 2 is 1.67 bits per heavy atom. The first-order valence-corrected chi connectivity index (χ1v) is 5.79. The van der Waals surface area contributed by atoms with Gasteiger partial charge in [0.05, 0.1) is 0 Å². The van der Waals surface area contributed by atoms with Crippen LogP contribution in [0.3, 0.4) is 0 Å². The van der Waals surface area contributed by atoms with Crippen LogP contribution in [0.1, 0.15) is 51.2 Å². The van der Waals surface area contributed by atoms with Gasteiger partial charge in [-0.15, -0.1) is 0 Å².